The van der Waals surface area contributed by atoms with Crippen molar-refractivity contribution in [2.45, 2.75) is 19.8 Å². The number of rotatable bonds is 3. The highest BCUT2D eigenvalue weighted by molar-refractivity contribution is 5.95. The van der Waals surface area contributed by atoms with Gasteiger partial charge in [-0.3, -0.25) is 4.79 Å². The highest BCUT2D eigenvalue weighted by Crippen LogP contribution is 2.25. The molecule has 4 heteroatoms. The van der Waals surface area contributed by atoms with E-state index in [1.807, 2.05) is 36.1 Å². The van der Waals surface area contributed by atoms with Crippen molar-refractivity contribution < 1.29 is 4.79 Å². The predicted molar refractivity (Wildman–Crippen MR) is 107 cm³/mol. The van der Waals surface area contributed by atoms with Gasteiger partial charge in [-0.2, -0.15) is 0 Å². The quantitative estimate of drug-likeness (QED) is 0.848. The maximum absolute atomic E-state index is 12.8. The molecular weight excluding hydrogens is 322 g/mol. The average Bonchev–Trinajstić information content (AvgIpc) is 3.23. The van der Waals surface area contributed by atoms with E-state index in [9.17, 15) is 4.79 Å². The van der Waals surface area contributed by atoms with Crippen LogP contribution in [0.25, 0.3) is 0 Å². The number of hydrogen-bond acceptors (Lipinski definition) is 3. The van der Waals surface area contributed by atoms with Crippen molar-refractivity contribution in [1.29, 1.82) is 0 Å². The maximum Gasteiger partial charge on any atom is 0.254 e. The number of nitrogens with zero attached hydrogens (tertiary/aromatic N) is 3. The van der Waals surface area contributed by atoms with Crippen molar-refractivity contribution in [2.75, 3.05) is 49.1 Å². The molecule has 2 aliphatic rings. The fraction of sp³-hybridized carbons (Fsp3) is 0.409. The molecule has 0 atom stereocenters. The number of hydrogen-bond donors (Lipinski definition) is 0. The Kier molecular flexibility index (Phi) is 4.83. The molecule has 1 amide bonds. The average molecular weight is 349 g/mol. The molecular formula is C22H27N3O. The summed E-state index contributed by atoms with van der Waals surface area (Å²) in [4.78, 5) is 19.6. The highest BCUT2D eigenvalue weighted by atomic mass is 16.2. The first-order valence-electron chi connectivity index (χ1n) is 9.67. The smallest absolute Gasteiger partial charge is 0.254 e. The number of carbonyl (C=O) groups is 1. The molecule has 2 saturated heterocycles. The molecule has 2 aromatic carbocycles. The Balaban J connectivity index is 1.37. The summed E-state index contributed by atoms with van der Waals surface area (Å²) in [5.74, 6) is 0.159. The Bertz CT molecular complexity index is 757. The van der Waals surface area contributed by atoms with Crippen LogP contribution in [-0.2, 0) is 0 Å². The molecule has 4 nitrogen and oxygen atoms in total. The van der Waals surface area contributed by atoms with Crippen molar-refractivity contribution in [3.63, 3.8) is 0 Å². The zero-order valence-electron chi connectivity index (χ0n) is 15.5. The van der Waals surface area contributed by atoms with Crippen LogP contribution in [0.5, 0.6) is 0 Å². The summed E-state index contributed by atoms with van der Waals surface area (Å²) in [6, 6.07) is 16.8. The molecule has 0 aromatic heterocycles. The van der Waals surface area contributed by atoms with Gasteiger partial charge in [-0.05, 0) is 55.7 Å². The van der Waals surface area contributed by atoms with E-state index in [1.165, 1.54) is 37.3 Å². The van der Waals surface area contributed by atoms with Gasteiger partial charge in [0.25, 0.3) is 5.91 Å². The summed E-state index contributed by atoms with van der Waals surface area (Å²) in [6.45, 7) is 7.70. The summed E-state index contributed by atoms with van der Waals surface area (Å²) in [6.07, 6.45) is 2.61. The van der Waals surface area contributed by atoms with E-state index < -0.39 is 0 Å². The summed E-state index contributed by atoms with van der Waals surface area (Å²) in [7, 11) is 0. The summed E-state index contributed by atoms with van der Waals surface area (Å²) >= 11 is 0. The fourth-order valence-electron chi connectivity index (χ4n) is 4.00. The van der Waals surface area contributed by atoms with Gasteiger partial charge in [0.2, 0.25) is 0 Å². The molecule has 0 unspecified atom stereocenters. The van der Waals surface area contributed by atoms with Crippen molar-refractivity contribution >= 4 is 17.3 Å². The van der Waals surface area contributed by atoms with Crippen LogP contribution in [0, 0.1) is 6.92 Å². The van der Waals surface area contributed by atoms with Crippen LogP contribution in [0.4, 0.5) is 11.4 Å². The van der Waals surface area contributed by atoms with Crippen LogP contribution in [-0.4, -0.2) is 50.1 Å². The standard InChI is InChI=1S/C22H27N3O/c1-18-6-2-3-7-21(18)22(26)25-16-14-24(15-17-25)20-10-8-19(9-11-20)23-12-4-5-13-23/h2-3,6-11H,4-5,12-17H2,1H3. The van der Waals surface area contributed by atoms with Crippen LogP contribution in [0.2, 0.25) is 0 Å². The van der Waals surface area contributed by atoms with E-state index in [0.29, 0.717) is 0 Å². The molecule has 0 spiro atoms. The van der Waals surface area contributed by atoms with Gasteiger partial charge in [-0.1, -0.05) is 18.2 Å². The SMILES string of the molecule is Cc1ccccc1C(=O)N1CCN(c2ccc(N3CCCC3)cc2)CC1. The van der Waals surface area contributed by atoms with Gasteiger partial charge in [0, 0.05) is 56.2 Å². The first-order valence-corrected chi connectivity index (χ1v) is 9.67. The third-order valence-electron chi connectivity index (χ3n) is 5.63. The summed E-state index contributed by atoms with van der Waals surface area (Å²) in [5, 5.41) is 0. The molecule has 2 aromatic rings. The van der Waals surface area contributed by atoms with E-state index in [0.717, 1.165) is 37.3 Å². The number of benzene rings is 2. The lowest BCUT2D eigenvalue weighted by atomic mass is 10.1. The van der Waals surface area contributed by atoms with E-state index in [4.69, 9.17) is 0 Å². The number of amides is 1. The molecule has 2 heterocycles. The zero-order valence-corrected chi connectivity index (χ0v) is 15.5. The van der Waals surface area contributed by atoms with Crippen molar-refractivity contribution in [1.82, 2.24) is 4.90 Å². The van der Waals surface area contributed by atoms with E-state index in [1.54, 1.807) is 0 Å². The second-order valence-corrected chi connectivity index (χ2v) is 7.30. The fourth-order valence-corrected chi connectivity index (χ4v) is 4.00. The Labute approximate surface area is 156 Å². The normalized spacial score (nSPS) is 17.7. The minimum absolute atomic E-state index is 0.159. The van der Waals surface area contributed by atoms with Gasteiger partial charge >= 0.3 is 0 Å². The third-order valence-corrected chi connectivity index (χ3v) is 5.63. The topological polar surface area (TPSA) is 26.8 Å². The first kappa shape index (κ1) is 17.0. The molecule has 0 saturated carbocycles. The van der Waals surface area contributed by atoms with Crippen molar-refractivity contribution in [2.24, 2.45) is 0 Å². The van der Waals surface area contributed by atoms with Gasteiger partial charge in [-0.15, -0.1) is 0 Å². The molecule has 2 aliphatic heterocycles. The maximum atomic E-state index is 12.8. The number of aryl methyl sites for hydroxylation is 1. The minimum Gasteiger partial charge on any atom is -0.372 e. The highest BCUT2D eigenvalue weighted by Gasteiger charge is 2.23. The van der Waals surface area contributed by atoms with Gasteiger partial charge in [0.05, 0.1) is 0 Å². The molecule has 0 aliphatic carbocycles. The van der Waals surface area contributed by atoms with Crippen LogP contribution in [0.15, 0.2) is 48.5 Å². The van der Waals surface area contributed by atoms with E-state index >= 15 is 0 Å². The minimum atomic E-state index is 0.159. The first-order chi connectivity index (χ1) is 12.7. The number of anilines is 2. The molecule has 26 heavy (non-hydrogen) atoms. The van der Waals surface area contributed by atoms with Gasteiger partial charge in [0.15, 0.2) is 0 Å². The largest absolute Gasteiger partial charge is 0.372 e. The summed E-state index contributed by atoms with van der Waals surface area (Å²) in [5.41, 5.74) is 4.48. The Morgan fingerprint density at radius 2 is 1.27 bits per heavy atom. The lowest BCUT2D eigenvalue weighted by molar-refractivity contribution is 0.0746. The molecule has 0 N–H and O–H groups in total. The van der Waals surface area contributed by atoms with E-state index in [-0.39, 0.29) is 5.91 Å². The second-order valence-electron chi connectivity index (χ2n) is 7.30. The van der Waals surface area contributed by atoms with Crippen LogP contribution in [0.1, 0.15) is 28.8 Å². The Morgan fingerprint density at radius 1 is 0.731 bits per heavy atom. The van der Waals surface area contributed by atoms with Gasteiger partial charge < -0.3 is 14.7 Å². The number of carbonyl (C=O) groups excluding carboxylic acids is 1. The Morgan fingerprint density at radius 3 is 1.85 bits per heavy atom. The second kappa shape index (κ2) is 7.40. The monoisotopic (exact) mass is 349 g/mol. The molecule has 0 radical (unpaired) electrons. The predicted octanol–water partition coefficient (Wildman–Crippen LogP) is 3.56. The van der Waals surface area contributed by atoms with Crippen molar-refractivity contribution in [3.8, 4) is 0 Å². The third kappa shape index (κ3) is 3.41. The molecule has 2 fully saturated rings. The molecule has 136 valence electrons. The van der Waals surface area contributed by atoms with Gasteiger partial charge in [-0.25, -0.2) is 0 Å². The van der Waals surface area contributed by atoms with Crippen LogP contribution in [0.3, 0.4) is 0 Å². The van der Waals surface area contributed by atoms with Gasteiger partial charge in [0.1, 0.15) is 0 Å². The van der Waals surface area contributed by atoms with Crippen LogP contribution >= 0.6 is 0 Å². The molecule has 0 bridgehead atoms. The number of piperazine rings is 1. The van der Waals surface area contributed by atoms with Crippen LogP contribution < -0.4 is 9.80 Å². The van der Waals surface area contributed by atoms with E-state index in [2.05, 4.69) is 34.1 Å². The molecule has 4 rings (SSSR count). The lowest BCUT2D eigenvalue weighted by Gasteiger charge is -2.36. The lowest BCUT2D eigenvalue weighted by Crippen LogP contribution is -2.48. The Hall–Kier alpha value is -2.49. The van der Waals surface area contributed by atoms with Crippen molar-refractivity contribution in [3.05, 3.63) is 59.7 Å². The summed E-state index contributed by atoms with van der Waals surface area (Å²) < 4.78 is 0. The zero-order chi connectivity index (χ0) is 17.9.